The molecule has 0 unspecified atom stereocenters. The molecular formula is C84H68N2Si2. The summed E-state index contributed by atoms with van der Waals surface area (Å²) in [4.78, 5) is 2.34. The van der Waals surface area contributed by atoms with E-state index in [1.807, 2.05) is 12.1 Å². The van der Waals surface area contributed by atoms with E-state index in [9.17, 15) is 2.74 Å². The van der Waals surface area contributed by atoms with Crippen molar-refractivity contribution in [2.45, 2.75) is 38.5 Å². The first-order chi connectivity index (χ1) is 45.2. The maximum Gasteiger partial charge on any atom is 0.179 e. The first-order valence-corrected chi connectivity index (χ1v) is 34.5. The lowest BCUT2D eigenvalue weighted by atomic mass is 9.78. The summed E-state index contributed by atoms with van der Waals surface area (Å²) in [6, 6.07) is 112. The molecule has 0 bridgehead atoms. The Hall–Kier alpha value is -10.1. The Balaban J connectivity index is 0.972. The van der Waals surface area contributed by atoms with Crippen LogP contribution in [0.25, 0.3) is 38.6 Å². The van der Waals surface area contributed by atoms with E-state index in [1.54, 1.807) is 0 Å². The standard InChI is InChI=1S/C84H68N2Si2/c1-83(2,63-30-13-6-14-31-63)65-47-51-67(52-48-65)85(68-53-49-66(50-54-68)84(3,4)64-32-15-7-16-33-64)70-55-57-78-76(60-70)75-58-62(61-28-11-5-12-29-61)46-56-77(75)86(78)69-34-27-41-74(59-69)88(73-39-21-10-22-40-73)81-44-25-23-42-79(81)87(71-35-17-8-18-36-71,72-37-19-9-20-38-72)80-43-24-26-45-82(80)88/h5-60H,1-4H3/i5D,11D,12D,28D,29D. The minimum atomic E-state index is -3.24. The zero-order valence-corrected chi connectivity index (χ0v) is 51.8. The summed E-state index contributed by atoms with van der Waals surface area (Å²) in [6.45, 7) is 9.11. The number of nitrogens with zero attached hydrogens (tertiary/aromatic N) is 2. The molecule has 2 heterocycles. The van der Waals surface area contributed by atoms with Gasteiger partial charge in [0.25, 0.3) is 0 Å². The first-order valence-electron chi connectivity index (χ1n) is 33.0. The molecule has 1 aliphatic heterocycles. The van der Waals surface area contributed by atoms with Crippen LogP contribution in [0.1, 0.15) is 56.8 Å². The van der Waals surface area contributed by atoms with Crippen LogP contribution in [0.4, 0.5) is 17.1 Å². The van der Waals surface area contributed by atoms with Gasteiger partial charge < -0.3 is 9.47 Å². The van der Waals surface area contributed by atoms with Crippen LogP contribution in [0.5, 0.6) is 0 Å². The Morgan fingerprint density at radius 3 is 1.12 bits per heavy atom. The van der Waals surface area contributed by atoms with Gasteiger partial charge in [-0.1, -0.05) is 301 Å². The molecule has 0 fully saturated rings. The monoisotopic (exact) mass is 1170 g/mol. The minimum absolute atomic E-state index is 0.164. The molecule has 1 aliphatic rings. The number of fused-ring (bicyclic) bond motifs is 5. The molecule has 0 atom stereocenters. The van der Waals surface area contributed by atoms with Crippen LogP contribution in [0.2, 0.25) is 0 Å². The maximum absolute atomic E-state index is 9.23. The molecule has 0 amide bonds. The summed E-state index contributed by atoms with van der Waals surface area (Å²) < 4.78 is 46.9. The molecule has 1 aromatic heterocycles. The van der Waals surface area contributed by atoms with E-state index in [0.29, 0.717) is 5.56 Å². The van der Waals surface area contributed by atoms with Gasteiger partial charge in [-0.25, -0.2) is 0 Å². The number of rotatable bonds is 13. The molecule has 0 N–H and O–H groups in total. The van der Waals surface area contributed by atoms with Crippen LogP contribution in [0.15, 0.2) is 340 Å². The van der Waals surface area contributed by atoms with Crippen LogP contribution < -0.4 is 46.4 Å². The maximum atomic E-state index is 9.23. The van der Waals surface area contributed by atoms with E-state index in [-0.39, 0.29) is 40.6 Å². The zero-order valence-electron chi connectivity index (χ0n) is 54.8. The van der Waals surface area contributed by atoms with Crippen molar-refractivity contribution in [2.75, 3.05) is 4.90 Å². The lowest BCUT2D eigenvalue weighted by molar-refractivity contribution is 0.641. The molecule has 88 heavy (non-hydrogen) atoms. The summed E-state index contributed by atoms with van der Waals surface area (Å²) >= 11 is 0. The molecule has 4 heteroatoms. The molecule has 0 saturated heterocycles. The van der Waals surface area contributed by atoms with E-state index >= 15 is 0 Å². The third-order valence-electron chi connectivity index (χ3n) is 19.1. The van der Waals surface area contributed by atoms with E-state index < -0.39 is 22.2 Å². The van der Waals surface area contributed by atoms with Crippen molar-refractivity contribution in [3.63, 3.8) is 0 Å². The molecular weight excluding hydrogens is 1090 g/mol. The van der Waals surface area contributed by atoms with E-state index in [4.69, 9.17) is 4.11 Å². The van der Waals surface area contributed by atoms with Crippen molar-refractivity contribution in [3.8, 4) is 16.8 Å². The number of anilines is 3. The van der Waals surface area contributed by atoms with Crippen LogP contribution in [-0.4, -0.2) is 20.7 Å². The summed E-state index contributed by atoms with van der Waals surface area (Å²) in [5, 5.41) is 12.6. The highest BCUT2D eigenvalue weighted by atomic mass is 28.3. The quantitative estimate of drug-likeness (QED) is 0.104. The largest absolute Gasteiger partial charge is 0.310 e. The van der Waals surface area contributed by atoms with Crippen molar-refractivity contribution in [2.24, 2.45) is 0 Å². The van der Waals surface area contributed by atoms with E-state index in [0.717, 1.165) is 44.6 Å². The molecule has 13 aromatic carbocycles. The average Bonchev–Trinajstić information content (AvgIpc) is 1.18. The summed E-state index contributed by atoms with van der Waals surface area (Å²) in [6.07, 6.45) is 0. The van der Waals surface area contributed by atoms with Gasteiger partial charge in [-0.15, -0.1) is 0 Å². The van der Waals surface area contributed by atoms with Gasteiger partial charge in [0.1, 0.15) is 0 Å². The number of hydrogen-bond donors (Lipinski definition) is 0. The summed E-state index contributed by atoms with van der Waals surface area (Å²) in [5.74, 6) is 0. The second-order valence-electron chi connectivity index (χ2n) is 24.4. The van der Waals surface area contributed by atoms with E-state index in [2.05, 4.69) is 334 Å². The molecule has 0 spiro atoms. The number of aromatic nitrogens is 1. The fourth-order valence-electron chi connectivity index (χ4n) is 14.6. The number of benzene rings is 13. The van der Waals surface area contributed by atoms with Crippen LogP contribution in [0.3, 0.4) is 0 Å². The summed E-state index contributed by atoms with van der Waals surface area (Å²) in [5.41, 5.74) is 10.8. The van der Waals surface area contributed by atoms with Gasteiger partial charge in [0.15, 0.2) is 16.1 Å². The Morgan fingerprint density at radius 2 is 0.670 bits per heavy atom. The average molecular weight is 1170 g/mol. The fraction of sp³-hybridized carbons (Fsp3) is 0.0714. The van der Waals surface area contributed by atoms with Crippen molar-refractivity contribution < 1.29 is 6.85 Å². The van der Waals surface area contributed by atoms with Gasteiger partial charge >= 0.3 is 0 Å². The third-order valence-corrected chi connectivity index (χ3v) is 29.4. The van der Waals surface area contributed by atoms with Crippen molar-refractivity contribution in [1.82, 2.24) is 4.57 Å². The summed E-state index contributed by atoms with van der Waals surface area (Å²) in [7, 11) is -6.21. The minimum Gasteiger partial charge on any atom is -0.310 e. The smallest absolute Gasteiger partial charge is 0.179 e. The first kappa shape index (κ1) is 49.1. The van der Waals surface area contributed by atoms with Gasteiger partial charge in [-0.2, -0.15) is 0 Å². The molecule has 0 saturated carbocycles. The lowest BCUT2D eigenvalue weighted by Crippen LogP contribution is -2.93. The highest BCUT2D eigenvalue weighted by molar-refractivity contribution is 7.32. The molecule has 0 aliphatic carbocycles. The fourth-order valence-corrected chi connectivity index (χ4v) is 26.7. The predicted octanol–water partition coefficient (Wildman–Crippen LogP) is 15.6. The molecule has 15 rings (SSSR count). The highest BCUT2D eigenvalue weighted by Crippen LogP contribution is 2.43. The highest BCUT2D eigenvalue weighted by Gasteiger charge is 2.56. The predicted molar refractivity (Wildman–Crippen MR) is 379 cm³/mol. The van der Waals surface area contributed by atoms with Crippen molar-refractivity contribution in [3.05, 3.63) is 362 Å². The van der Waals surface area contributed by atoms with Crippen LogP contribution >= 0.6 is 0 Å². The second-order valence-corrected chi connectivity index (χ2v) is 31.9. The van der Waals surface area contributed by atoms with Gasteiger partial charge in [0.05, 0.1) is 17.9 Å². The van der Waals surface area contributed by atoms with Crippen molar-refractivity contribution in [1.29, 1.82) is 0 Å². The SMILES string of the molecule is [2H]c1c([2H])c([2H])c(-c2ccc3c(c2)c2cc(N(c4ccc(C(C)(C)c5ccccc5)cc4)c4ccc(C(C)(C)c5ccccc5)cc4)ccc2n3-c2cccc([Si]3(c4ccccc4)c4ccccc4[Si](c4ccccc4)(c4ccccc4)c4ccccc43)c2)c([2H])c1[2H]. The molecule has 422 valence electrons. The molecule has 2 nitrogen and oxygen atoms in total. The van der Waals surface area contributed by atoms with Crippen LogP contribution in [-0.2, 0) is 10.8 Å². The molecule has 0 radical (unpaired) electrons. The Bertz CT molecular complexity index is 4920. The topological polar surface area (TPSA) is 8.17 Å². The Morgan fingerprint density at radius 1 is 0.307 bits per heavy atom. The van der Waals surface area contributed by atoms with Gasteiger partial charge in [0, 0.05) is 44.4 Å². The zero-order chi connectivity index (χ0) is 63.8. The molecule has 14 aromatic rings. The normalized spacial score (nSPS) is 14.2. The second kappa shape index (κ2) is 22.0. The van der Waals surface area contributed by atoms with E-state index in [1.165, 1.54) is 63.7 Å². The Kier molecular flexibility index (Phi) is 12.3. The van der Waals surface area contributed by atoms with Gasteiger partial charge in [-0.05, 0) is 142 Å². The van der Waals surface area contributed by atoms with Gasteiger partial charge in [0.2, 0.25) is 0 Å². The third kappa shape index (κ3) is 8.80. The van der Waals surface area contributed by atoms with Crippen LogP contribution in [0, 0.1) is 0 Å². The Labute approximate surface area is 527 Å². The van der Waals surface area contributed by atoms with Crippen molar-refractivity contribution >= 4 is 96.5 Å². The number of hydrogen-bond acceptors (Lipinski definition) is 1. The lowest BCUT2D eigenvalue weighted by Gasteiger charge is -2.48. The van der Waals surface area contributed by atoms with Gasteiger partial charge in [-0.3, -0.25) is 0 Å².